The van der Waals surface area contributed by atoms with Crippen LogP contribution in [0.3, 0.4) is 0 Å². The average Bonchev–Trinajstić information content (AvgIpc) is 3.31. The van der Waals surface area contributed by atoms with Crippen molar-refractivity contribution in [1.29, 1.82) is 0 Å². The summed E-state index contributed by atoms with van der Waals surface area (Å²) in [4.78, 5) is 24.1. The first-order valence-corrected chi connectivity index (χ1v) is 11.9. The number of aromatic nitrogens is 2. The van der Waals surface area contributed by atoms with Crippen molar-refractivity contribution in [2.45, 2.75) is 19.5 Å². The van der Waals surface area contributed by atoms with Gasteiger partial charge in [0.15, 0.2) is 0 Å². The number of oxime groups is 1. The summed E-state index contributed by atoms with van der Waals surface area (Å²) in [6.07, 6.45) is -0.0404. The molecule has 1 fully saturated rings. The van der Waals surface area contributed by atoms with E-state index in [1.165, 1.54) is 0 Å². The van der Waals surface area contributed by atoms with Crippen molar-refractivity contribution < 1.29 is 27.5 Å². The summed E-state index contributed by atoms with van der Waals surface area (Å²) in [6.45, 7) is 5.41. The lowest BCUT2D eigenvalue weighted by molar-refractivity contribution is -0.122. The second kappa shape index (κ2) is 12.1. The SMILES string of the molecule is CC(=NOCCCN1CCOCC1)c1ccn2c(-c3cccc(NC(=O)NCC(F)(F)F)c3)cnc2c1. The van der Waals surface area contributed by atoms with Crippen molar-refractivity contribution in [3.8, 4) is 11.3 Å². The number of amides is 2. The molecule has 0 bridgehead atoms. The van der Waals surface area contributed by atoms with Gasteiger partial charge in [-0.15, -0.1) is 0 Å². The first kappa shape index (κ1) is 26.4. The summed E-state index contributed by atoms with van der Waals surface area (Å²) < 4.78 is 44.2. The van der Waals surface area contributed by atoms with Crippen molar-refractivity contribution in [1.82, 2.24) is 19.6 Å². The zero-order valence-electron chi connectivity index (χ0n) is 20.4. The number of rotatable bonds is 9. The number of hydrogen-bond donors (Lipinski definition) is 2. The second-order valence-electron chi connectivity index (χ2n) is 8.61. The molecule has 37 heavy (non-hydrogen) atoms. The molecule has 0 radical (unpaired) electrons. The number of alkyl halides is 3. The van der Waals surface area contributed by atoms with Crippen molar-refractivity contribution in [2.24, 2.45) is 5.16 Å². The molecule has 3 heterocycles. The van der Waals surface area contributed by atoms with Gasteiger partial charge in [0.25, 0.3) is 0 Å². The molecule has 4 rings (SSSR count). The lowest BCUT2D eigenvalue weighted by atomic mass is 10.1. The number of nitrogens with one attached hydrogen (secondary N) is 2. The van der Waals surface area contributed by atoms with Crippen molar-refractivity contribution in [3.05, 3.63) is 54.4 Å². The molecule has 2 amide bonds. The van der Waals surface area contributed by atoms with Crippen LogP contribution < -0.4 is 10.6 Å². The van der Waals surface area contributed by atoms with Gasteiger partial charge in [-0.05, 0) is 37.6 Å². The minimum absolute atomic E-state index is 0.359. The fraction of sp³-hybridized carbons (Fsp3) is 0.400. The van der Waals surface area contributed by atoms with E-state index in [0.717, 1.165) is 61.8 Å². The normalized spacial score (nSPS) is 15.1. The zero-order valence-corrected chi connectivity index (χ0v) is 20.4. The number of carbonyl (C=O) groups excluding carboxylic acids is 1. The highest BCUT2D eigenvalue weighted by molar-refractivity contribution is 5.99. The van der Waals surface area contributed by atoms with Crippen LogP contribution in [0.5, 0.6) is 0 Å². The Bertz CT molecular complexity index is 1240. The number of fused-ring (bicyclic) bond motifs is 1. The summed E-state index contributed by atoms with van der Waals surface area (Å²) in [7, 11) is 0. The van der Waals surface area contributed by atoms with Crippen LogP contribution in [0, 0.1) is 0 Å². The van der Waals surface area contributed by atoms with Crippen molar-refractivity contribution in [3.63, 3.8) is 0 Å². The first-order chi connectivity index (χ1) is 17.8. The molecule has 1 aromatic carbocycles. The van der Waals surface area contributed by atoms with Gasteiger partial charge in [-0.1, -0.05) is 17.3 Å². The summed E-state index contributed by atoms with van der Waals surface area (Å²) in [6, 6.07) is 9.66. The van der Waals surface area contributed by atoms with Crippen LogP contribution >= 0.6 is 0 Å². The highest BCUT2D eigenvalue weighted by atomic mass is 19.4. The van der Waals surface area contributed by atoms with E-state index in [1.807, 2.05) is 35.7 Å². The van der Waals surface area contributed by atoms with Crippen LogP contribution in [0.15, 0.2) is 53.9 Å². The maximum absolute atomic E-state index is 12.3. The molecule has 1 aliphatic rings. The average molecular weight is 519 g/mol. The molecular formula is C25H29F3N6O3. The monoisotopic (exact) mass is 518 g/mol. The largest absolute Gasteiger partial charge is 0.405 e. The van der Waals surface area contributed by atoms with Gasteiger partial charge in [0.1, 0.15) is 18.8 Å². The number of morpholine rings is 1. The van der Waals surface area contributed by atoms with Crippen LogP contribution in [-0.2, 0) is 9.57 Å². The minimum atomic E-state index is -4.48. The van der Waals surface area contributed by atoms with E-state index in [4.69, 9.17) is 9.57 Å². The molecule has 9 nitrogen and oxygen atoms in total. The number of ether oxygens (including phenoxy) is 1. The van der Waals surface area contributed by atoms with Crippen LogP contribution in [0.4, 0.5) is 23.7 Å². The molecule has 198 valence electrons. The summed E-state index contributed by atoms with van der Waals surface area (Å²) in [5, 5.41) is 8.44. The van der Waals surface area contributed by atoms with Crippen LogP contribution in [-0.4, -0.2) is 78.2 Å². The fourth-order valence-electron chi connectivity index (χ4n) is 3.90. The fourth-order valence-corrected chi connectivity index (χ4v) is 3.90. The topological polar surface area (TPSA) is 92.5 Å². The van der Waals surface area contributed by atoms with E-state index >= 15 is 0 Å². The van der Waals surface area contributed by atoms with E-state index < -0.39 is 18.8 Å². The van der Waals surface area contributed by atoms with Crippen LogP contribution in [0.1, 0.15) is 18.9 Å². The van der Waals surface area contributed by atoms with Gasteiger partial charge < -0.3 is 20.2 Å². The number of anilines is 1. The van der Waals surface area contributed by atoms with Crippen molar-refractivity contribution >= 4 is 23.1 Å². The molecular weight excluding hydrogens is 489 g/mol. The number of nitrogens with zero attached hydrogens (tertiary/aromatic N) is 4. The lowest BCUT2D eigenvalue weighted by Gasteiger charge is -2.26. The molecule has 1 aliphatic heterocycles. The molecule has 0 atom stereocenters. The third kappa shape index (κ3) is 7.67. The lowest BCUT2D eigenvalue weighted by Crippen LogP contribution is -2.37. The highest BCUT2D eigenvalue weighted by Gasteiger charge is 2.27. The molecule has 1 saturated heterocycles. The summed E-state index contributed by atoms with van der Waals surface area (Å²) in [5.74, 6) is 0. The van der Waals surface area contributed by atoms with E-state index in [9.17, 15) is 18.0 Å². The van der Waals surface area contributed by atoms with Gasteiger partial charge in [-0.2, -0.15) is 13.2 Å². The molecule has 0 spiro atoms. The Labute approximate surface area is 212 Å². The van der Waals surface area contributed by atoms with Crippen molar-refractivity contribution in [2.75, 3.05) is 51.3 Å². The Morgan fingerprint density at radius 2 is 2.03 bits per heavy atom. The van der Waals surface area contributed by atoms with Gasteiger partial charge in [-0.3, -0.25) is 9.30 Å². The van der Waals surface area contributed by atoms with E-state index in [2.05, 4.69) is 20.4 Å². The number of pyridine rings is 1. The molecule has 12 heteroatoms. The van der Waals surface area contributed by atoms with Crippen LogP contribution in [0.25, 0.3) is 16.9 Å². The van der Waals surface area contributed by atoms with Gasteiger partial charge in [0.05, 0.1) is 30.8 Å². The van der Waals surface area contributed by atoms with E-state index in [1.54, 1.807) is 29.7 Å². The maximum Gasteiger partial charge on any atom is 0.405 e. The number of halogens is 3. The van der Waals surface area contributed by atoms with Gasteiger partial charge >= 0.3 is 12.2 Å². The number of carbonyl (C=O) groups is 1. The maximum atomic E-state index is 12.3. The van der Waals surface area contributed by atoms with Gasteiger partial charge in [-0.25, -0.2) is 9.78 Å². The first-order valence-electron chi connectivity index (χ1n) is 11.9. The number of imidazole rings is 1. The highest BCUT2D eigenvalue weighted by Crippen LogP contribution is 2.24. The smallest absolute Gasteiger partial charge is 0.396 e. The predicted molar refractivity (Wildman–Crippen MR) is 134 cm³/mol. The Balaban J connectivity index is 1.36. The molecule has 0 aliphatic carbocycles. The van der Waals surface area contributed by atoms with E-state index in [-0.39, 0.29) is 0 Å². The number of urea groups is 1. The molecule has 2 aromatic heterocycles. The predicted octanol–water partition coefficient (Wildman–Crippen LogP) is 4.15. The molecule has 2 N–H and O–H groups in total. The molecule has 0 unspecified atom stereocenters. The van der Waals surface area contributed by atoms with E-state index in [0.29, 0.717) is 17.9 Å². The Morgan fingerprint density at radius 1 is 1.22 bits per heavy atom. The van der Waals surface area contributed by atoms with Crippen LogP contribution in [0.2, 0.25) is 0 Å². The zero-order chi connectivity index (χ0) is 26.3. The standard InChI is InChI=1S/C25H29F3N6O3/c1-18(32-37-11-3-7-33-9-12-36-13-10-33)19-6-8-34-22(16-29-23(34)15-19)20-4-2-5-21(14-20)31-24(35)30-17-25(26,27)28/h2,4-6,8,14-16H,3,7,9-13,17H2,1H3,(H2,30,31,35). The Hall–Kier alpha value is -3.64. The third-order valence-corrected chi connectivity index (χ3v) is 5.81. The number of hydrogen-bond acceptors (Lipinski definition) is 6. The summed E-state index contributed by atoms with van der Waals surface area (Å²) in [5.41, 5.74) is 4.15. The summed E-state index contributed by atoms with van der Waals surface area (Å²) >= 11 is 0. The third-order valence-electron chi connectivity index (χ3n) is 5.81. The number of benzene rings is 1. The second-order valence-corrected chi connectivity index (χ2v) is 8.61. The Kier molecular flexibility index (Phi) is 8.62. The Morgan fingerprint density at radius 3 is 2.81 bits per heavy atom. The quantitative estimate of drug-likeness (QED) is 0.252. The van der Waals surface area contributed by atoms with Gasteiger partial charge in [0, 0.05) is 42.6 Å². The molecule has 3 aromatic rings. The minimum Gasteiger partial charge on any atom is -0.396 e. The molecule has 0 saturated carbocycles. The van der Waals surface area contributed by atoms with Gasteiger partial charge in [0.2, 0.25) is 0 Å².